The molecule has 2 aliphatic heterocycles. The summed E-state index contributed by atoms with van der Waals surface area (Å²) in [5.74, 6) is 1.15. The van der Waals surface area contributed by atoms with Crippen molar-refractivity contribution in [2.24, 2.45) is 0 Å². The average Bonchev–Trinajstić information content (AvgIpc) is 3.14. The van der Waals surface area contributed by atoms with E-state index < -0.39 is 0 Å². The number of thioether (sulfide) groups is 1. The minimum atomic E-state index is -0.194. The van der Waals surface area contributed by atoms with E-state index in [1.54, 1.807) is 0 Å². The van der Waals surface area contributed by atoms with Gasteiger partial charge in [0.25, 0.3) is 0 Å². The summed E-state index contributed by atoms with van der Waals surface area (Å²) in [6.45, 7) is 9.52. The Morgan fingerprint density at radius 2 is 0.913 bits per heavy atom. The first-order valence-electron chi connectivity index (χ1n) is 17.5. The molecule has 0 aromatic heterocycles. The van der Waals surface area contributed by atoms with Crippen LogP contribution in [0.5, 0.6) is 0 Å². The summed E-state index contributed by atoms with van der Waals surface area (Å²) in [5.41, 5.74) is 6.77. The molecule has 4 aromatic carbocycles. The van der Waals surface area contributed by atoms with Gasteiger partial charge in [0.1, 0.15) is 0 Å². The molecule has 2 saturated heterocycles. The van der Waals surface area contributed by atoms with Gasteiger partial charge in [-0.3, -0.25) is 4.90 Å². The molecule has 0 radical (unpaired) electrons. The Kier molecular flexibility index (Phi) is 12.1. The van der Waals surface area contributed by atoms with Gasteiger partial charge in [-0.2, -0.15) is 0 Å². The van der Waals surface area contributed by atoms with Crippen molar-refractivity contribution in [1.29, 1.82) is 0 Å². The molecule has 6 rings (SSSR count). The molecule has 0 aliphatic carbocycles. The number of nitrogens with zero attached hydrogens (tertiary/aromatic N) is 3. The molecule has 2 heterocycles. The number of unbranched alkanes of at least 4 members (excludes halogenated alkanes) is 5. The number of ether oxygens (including phenoxy) is 1. The van der Waals surface area contributed by atoms with Crippen LogP contribution in [0.2, 0.25) is 0 Å². The van der Waals surface area contributed by atoms with Crippen LogP contribution < -0.4 is 9.80 Å². The van der Waals surface area contributed by atoms with Crippen LogP contribution in [0.4, 0.5) is 11.4 Å². The number of morpholine rings is 1. The van der Waals surface area contributed by atoms with Crippen molar-refractivity contribution >= 4 is 23.1 Å². The van der Waals surface area contributed by atoms with Crippen molar-refractivity contribution < 1.29 is 4.74 Å². The molecule has 0 spiro atoms. The van der Waals surface area contributed by atoms with E-state index in [1.165, 1.54) is 86.2 Å². The molecular formula is C41H51N3OS. The summed E-state index contributed by atoms with van der Waals surface area (Å²) in [6.07, 6.45) is 7.92. The van der Waals surface area contributed by atoms with Crippen LogP contribution in [0, 0.1) is 0 Å². The van der Waals surface area contributed by atoms with Crippen molar-refractivity contribution in [3.05, 3.63) is 132 Å². The fraction of sp³-hybridized carbons (Fsp3) is 0.415. The zero-order valence-corrected chi connectivity index (χ0v) is 28.3. The normalized spacial score (nSPS) is 16.1. The van der Waals surface area contributed by atoms with Crippen LogP contribution in [0.1, 0.15) is 55.2 Å². The molecule has 0 bridgehead atoms. The third kappa shape index (κ3) is 8.36. The van der Waals surface area contributed by atoms with Crippen LogP contribution in [0.3, 0.4) is 0 Å². The maximum atomic E-state index is 5.50. The van der Waals surface area contributed by atoms with E-state index in [1.807, 2.05) is 0 Å². The second-order valence-electron chi connectivity index (χ2n) is 12.7. The molecule has 0 N–H and O–H groups in total. The third-order valence-corrected chi connectivity index (χ3v) is 11.3. The highest BCUT2D eigenvalue weighted by Crippen LogP contribution is 2.48. The molecule has 46 heavy (non-hydrogen) atoms. The number of piperazine rings is 1. The van der Waals surface area contributed by atoms with Gasteiger partial charge >= 0.3 is 0 Å². The molecule has 242 valence electrons. The highest BCUT2D eigenvalue weighted by molar-refractivity contribution is 8.00. The number of benzene rings is 4. The molecule has 0 atom stereocenters. The van der Waals surface area contributed by atoms with E-state index in [0.717, 1.165) is 45.1 Å². The smallest absolute Gasteiger partial charge is 0.0906 e. The summed E-state index contributed by atoms with van der Waals surface area (Å²) in [6, 6.07) is 42.5. The van der Waals surface area contributed by atoms with Crippen molar-refractivity contribution in [1.82, 2.24) is 4.90 Å². The summed E-state index contributed by atoms with van der Waals surface area (Å²) < 4.78 is 5.31. The van der Waals surface area contributed by atoms with E-state index >= 15 is 0 Å². The minimum absolute atomic E-state index is 0.194. The van der Waals surface area contributed by atoms with Crippen molar-refractivity contribution in [2.75, 3.05) is 74.6 Å². The van der Waals surface area contributed by atoms with E-state index in [2.05, 4.69) is 142 Å². The molecule has 0 amide bonds. The minimum Gasteiger partial charge on any atom is -0.378 e. The Morgan fingerprint density at radius 3 is 1.41 bits per heavy atom. The van der Waals surface area contributed by atoms with Gasteiger partial charge in [-0.05, 0) is 66.1 Å². The van der Waals surface area contributed by atoms with Crippen molar-refractivity contribution in [3.8, 4) is 0 Å². The molecule has 0 unspecified atom stereocenters. The van der Waals surface area contributed by atoms with Crippen LogP contribution in [-0.2, 0) is 9.48 Å². The van der Waals surface area contributed by atoms with E-state index in [0.29, 0.717) is 0 Å². The lowest BCUT2D eigenvalue weighted by molar-refractivity contribution is 0.122. The Hall–Kier alpha value is -3.25. The highest BCUT2D eigenvalue weighted by Gasteiger charge is 2.36. The standard InChI is InChI=1S/C41H51N3OS/c1(3-14-26-42-27-29-43(30-28-42)39-22-24-40(25-23-39)44-31-33-45-34-32-44)2-4-15-35-46-41(36-16-8-5-9-17-36,37-18-10-6-11-19-37)38-20-12-7-13-21-38/h5-13,16-25H,1-4,14-15,26-35H2. The Morgan fingerprint density at radius 1 is 0.478 bits per heavy atom. The molecular weight excluding hydrogens is 583 g/mol. The number of hydrogen-bond acceptors (Lipinski definition) is 5. The number of rotatable bonds is 15. The fourth-order valence-corrected chi connectivity index (χ4v) is 8.63. The summed E-state index contributed by atoms with van der Waals surface area (Å²) in [5, 5.41) is 0. The maximum Gasteiger partial charge on any atom is 0.0906 e. The fourth-order valence-electron chi connectivity index (χ4n) is 7.06. The van der Waals surface area contributed by atoms with Crippen molar-refractivity contribution in [2.45, 2.75) is 43.3 Å². The lowest BCUT2D eigenvalue weighted by Gasteiger charge is -2.36. The van der Waals surface area contributed by atoms with Gasteiger partial charge in [-0.1, -0.05) is 117 Å². The van der Waals surface area contributed by atoms with Gasteiger partial charge in [0.15, 0.2) is 0 Å². The van der Waals surface area contributed by atoms with E-state index in [9.17, 15) is 0 Å². The molecule has 4 aromatic rings. The average molecular weight is 634 g/mol. The van der Waals surface area contributed by atoms with Gasteiger partial charge in [-0.15, -0.1) is 11.8 Å². The number of hydrogen-bond donors (Lipinski definition) is 0. The summed E-state index contributed by atoms with van der Waals surface area (Å²) >= 11 is 2.10. The van der Waals surface area contributed by atoms with Crippen LogP contribution in [-0.4, -0.2) is 69.7 Å². The second-order valence-corrected chi connectivity index (χ2v) is 14.0. The van der Waals surface area contributed by atoms with Crippen LogP contribution in [0.15, 0.2) is 115 Å². The van der Waals surface area contributed by atoms with E-state index in [4.69, 9.17) is 4.74 Å². The Labute approximate surface area is 281 Å². The molecule has 2 fully saturated rings. The topological polar surface area (TPSA) is 19.0 Å². The van der Waals surface area contributed by atoms with Crippen LogP contribution in [0.25, 0.3) is 0 Å². The largest absolute Gasteiger partial charge is 0.378 e. The van der Waals surface area contributed by atoms with Gasteiger partial charge in [0, 0.05) is 50.6 Å². The van der Waals surface area contributed by atoms with Crippen molar-refractivity contribution in [3.63, 3.8) is 0 Å². The first kappa shape index (κ1) is 32.7. The molecule has 0 saturated carbocycles. The predicted octanol–water partition coefficient (Wildman–Crippen LogP) is 8.71. The zero-order valence-electron chi connectivity index (χ0n) is 27.4. The second kappa shape index (κ2) is 17.1. The Balaban J connectivity index is 0.900. The predicted molar refractivity (Wildman–Crippen MR) is 197 cm³/mol. The van der Waals surface area contributed by atoms with E-state index in [-0.39, 0.29) is 4.75 Å². The lowest BCUT2D eigenvalue weighted by Crippen LogP contribution is -2.46. The highest BCUT2D eigenvalue weighted by atomic mass is 32.2. The molecule has 5 heteroatoms. The van der Waals surface area contributed by atoms with Gasteiger partial charge in [0.2, 0.25) is 0 Å². The first-order chi connectivity index (χ1) is 22.8. The van der Waals surface area contributed by atoms with Gasteiger partial charge in [-0.25, -0.2) is 0 Å². The van der Waals surface area contributed by atoms with Gasteiger partial charge < -0.3 is 14.5 Å². The van der Waals surface area contributed by atoms with Crippen LogP contribution >= 0.6 is 11.8 Å². The maximum absolute atomic E-state index is 5.50. The SMILES string of the molecule is c1ccc(C(SCCCCCCCCN2CCN(c3ccc(N4CCOCC4)cc3)CC2)(c2ccccc2)c2ccccc2)cc1. The third-order valence-electron chi connectivity index (χ3n) is 9.69. The summed E-state index contributed by atoms with van der Waals surface area (Å²) in [7, 11) is 0. The lowest BCUT2D eigenvalue weighted by atomic mass is 9.84. The molecule has 2 aliphatic rings. The Bertz CT molecular complexity index is 1310. The monoisotopic (exact) mass is 633 g/mol. The first-order valence-corrected chi connectivity index (χ1v) is 18.5. The quantitative estimate of drug-likeness (QED) is 0.0961. The van der Waals surface area contributed by atoms with Gasteiger partial charge in [0.05, 0.1) is 18.0 Å². The zero-order chi connectivity index (χ0) is 31.3. The number of anilines is 2. The molecule has 4 nitrogen and oxygen atoms in total. The summed E-state index contributed by atoms with van der Waals surface area (Å²) in [4.78, 5) is 7.66.